The molecule has 1 aliphatic rings. The molecule has 6 nitrogen and oxygen atoms in total. The molecule has 0 spiro atoms. The molecule has 0 bridgehead atoms. The number of nitrogens with zero attached hydrogens (tertiary/aromatic N) is 2. The average Bonchev–Trinajstić information content (AvgIpc) is 2.73. The van der Waals surface area contributed by atoms with Gasteiger partial charge in [0.2, 0.25) is 5.91 Å². The second-order valence-corrected chi connectivity index (χ2v) is 5.78. The summed E-state index contributed by atoms with van der Waals surface area (Å²) in [4.78, 5) is 23.9. The Morgan fingerprint density at radius 2 is 1.81 bits per heavy atom. The summed E-state index contributed by atoms with van der Waals surface area (Å²) in [5.41, 5.74) is 3.66. The van der Waals surface area contributed by atoms with Crippen LogP contribution in [0.1, 0.15) is 32.4 Å². The SMILES string of the molecule is CC1=C(C)C[C@@H](C(=O)O)[C@@H](C(=O)Nc2cnn(C)c2C)C1. The van der Waals surface area contributed by atoms with E-state index < -0.39 is 17.8 Å². The Hall–Kier alpha value is -2.11. The van der Waals surface area contributed by atoms with Crippen molar-refractivity contribution in [1.29, 1.82) is 0 Å². The monoisotopic (exact) mass is 291 g/mol. The van der Waals surface area contributed by atoms with E-state index in [2.05, 4.69) is 10.4 Å². The standard InChI is InChI=1S/C15H21N3O3/c1-8-5-11(12(15(20)21)6-9(8)2)14(19)17-13-7-16-18(4)10(13)3/h7,11-12H,5-6H2,1-4H3,(H,17,19)(H,20,21)/t11-,12+/m0/s1. The molecule has 0 saturated heterocycles. The van der Waals surface area contributed by atoms with Gasteiger partial charge in [-0.15, -0.1) is 0 Å². The van der Waals surface area contributed by atoms with Crippen LogP contribution in [0.3, 0.4) is 0 Å². The summed E-state index contributed by atoms with van der Waals surface area (Å²) in [6.07, 6.45) is 2.51. The number of anilines is 1. The number of carbonyl (C=O) groups excluding carboxylic acids is 1. The second-order valence-electron chi connectivity index (χ2n) is 5.78. The van der Waals surface area contributed by atoms with E-state index in [1.807, 2.05) is 20.8 Å². The number of hydrogen-bond donors (Lipinski definition) is 2. The van der Waals surface area contributed by atoms with Gasteiger partial charge in [-0.25, -0.2) is 0 Å². The highest BCUT2D eigenvalue weighted by atomic mass is 16.4. The minimum Gasteiger partial charge on any atom is -0.481 e. The van der Waals surface area contributed by atoms with E-state index in [4.69, 9.17) is 0 Å². The molecule has 2 atom stereocenters. The first-order valence-electron chi connectivity index (χ1n) is 6.98. The predicted molar refractivity (Wildman–Crippen MR) is 78.8 cm³/mol. The Bertz CT molecular complexity index is 616. The van der Waals surface area contributed by atoms with Crippen LogP contribution in [0.4, 0.5) is 5.69 Å². The van der Waals surface area contributed by atoms with Crippen LogP contribution in [0.2, 0.25) is 0 Å². The molecule has 1 heterocycles. The average molecular weight is 291 g/mol. The van der Waals surface area contributed by atoms with Crippen LogP contribution in [0.15, 0.2) is 17.3 Å². The zero-order valence-corrected chi connectivity index (χ0v) is 12.8. The van der Waals surface area contributed by atoms with E-state index in [0.717, 1.165) is 16.8 Å². The van der Waals surface area contributed by atoms with Crippen LogP contribution in [0.25, 0.3) is 0 Å². The Kier molecular flexibility index (Phi) is 4.16. The number of rotatable bonds is 3. The Labute approximate surface area is 123 Å². The van der Waals surface area contributed by atoms with Gasteiger partial charge < -0.3 is 10.4 Å². The number of carboxylic acid groups (broad SMARTS) is 1. The van der Waals surface area contributed by atoms with Gasteiger partial charge >= 0.3 is 5.97 Å². The molecule has 0 aromatic carbocycles. The van der Waals surface area contributed by atoms with Crippen molar-refractivity contribution in [1.82, 2.24) is 9.78 Å². The summed E-state index contributed by atoms with van der Waals surface area (Å²) >= 11 is 0. The molecule has 0 unspecified atom stereocenters. The van der Waals surface area contributed by atoms with Gasteiger partial charge in [-0.05, 0) is 33.6 Å². The zero-order chi connectivity index (χ0) is 15.7. The summed E-state index contributed by atoms with van der Waals surface area (Å²) in [7, 11) is 1.79. The lowest BCUT2D eigenvalue weighted by Gasteiger charge is -2.29. The fourth-order valence-corrected chi connectivity index (χ4v) is 2.67. The highest BCUT2D eigenvalue weighted by Crippen LogP contribution is 2.35. The maximum atomic E-state index is 12.5. The molecule has 0 saturated carbocycles. The Morgan fingerprint density at radius 3 is 2.29 bits per heavy atom. The highest BCUT2D eigenvalue weighted by molar-refractivity contribution is 5.95. The minimum atomic E-state index is -0.912. The number of carboxylic acids is 1. The number of aliphatic carboxylic acids is 1. The molecule has 6 heteroatoms. The highest BCUT2D eigenvalue weighted by Gasteiger charge is 2.37. The van der Waals surface area contributed by atoms with Crippen molar-refractivity contribution >= 4 is 17.6 Å². The first-order valence-corrected chi connectivity index (χ1v) is 6.98. The third-order valence-electron chi connectivity index (χ3n) is 4.41. The third-order valence-corrected chi connectivity index (χ3v) is 4.41. The molecule has 1 aromatic heterocycles. The summed E-state index contributed by atoms with van der Waals surface area (Å²) in [6, 6.07) is 0. The smallest absolute Gasteiger partial charge is 0.307 e. The van der Waals surface area contributed by atoms with E-state index in [0.29, 0.717) is 18.5 Å². The third kappa shape index (κ3) is 2.99. The Balaban J connectivity index is 2.20. The number of allylic oxidation sites excluding steroid dienone is 2. The van der Waals surface area contributed by atoms with Crippen molar-refractivity contribution in [2.45, 2.75) is 33.6 Å². The molecule has 0 aliphatic heterocycles. The molecule has 0 fully saturated rings. The molecule has 1 amide bonds. The lowest BCUT2D eigenvalue weighted by molar-refractivity contribution is -0.146. The molecule has 21 heavy (non-hydrogen) atoms. The maximum absolute atomic E-state index is 12.5. The summed E-state index contributed by atoms with van der Waals surface area (Å²) in [6.45, 7) is 5.75. The summed E-state index contributed by atoms with van der Waals surface area (Å²) < 4.78 is 1.67. The molecule has 2 N–H and O–H groups in total. The van der Waals surface area contributed by atoms with Gasteiger partial charge in [0.15, 0.2) is 0 Å². The van der Waals surface area contributed by atoms with Gasteiger partial charge in [-0.3, -0.25) is 14.3 Å². The summed E-state index contributed by atoms with van der Waals surface area (Å²) in [5, 5.41) is 16.3. The largest absolute Gasteiger partial charge is 0.481 e. The number of aryl methyl sites for hydroxylation is 1. The lowest BCUT2D eigenvalue weighted by atomic mass is 9.76. The van der Waals surface area contributed by atoms with Crippen LogP contribution in [-0.4, -0.2) is 26.8 Å². The fourth-order valence-electron chi connectivity index (χ4n) is 2.67. The zero-order valence-electron chi connectivity index (χ0n) is 12.8. The number of hydrogen-bond acceptors (Lipinski definition) is 3. The normalized spacial score (nSPS) is 22.3. The van der Waals surface area contributed by atoms with Crippen LogP contribution >= 0.6 is 0 Å². The first-order chi connectivity index (χ1) is 9.81. The summed E-state index contributed by atoms with van der Waals surface area (Å²) in [5.74, 6) is -2.35. The molecule has 0 radical (unpaired) electrons. The van der Waals surface area contributed by atoms with E-state index in [-0.39, 0.29) is 5.91 Å². The van der Waals surface area contributed by atoms with Crippen molar-refractivity contribution in [2.24, 2.45) is 18.9 Å². The van der Waals surface area contributed by atoms with Crippen molar-refractivity contribution in [2.75, 3.05) is 5.32 Å². The molecule has 1 aliphatic carbocycles. The fraction of sp³-hybridized carbons (Fsp3) is 0.533. The number of amides is 1. The second kappa shape index (κ2) is 5.71. The Morgan fingerprint density at radius 1 is 1.24 bits per heavy atom. The van der Waals surface area contributed by atoms with Crippen molar-refractivity contribution in [3.63, 3.8) is 0 Å². The van der Waals surface area contributed by atoms with E-state index in [9.17, 15) is 14.7 Å². The van der Waals surface area contributed by atoms with Crippen molar-refractivity contribution in [3.8, 4) is 0 Å². The number of carbonyl (C=O) groups is 2. The number of nitrogens with one attached hydrogen (secondary N) is 1. The number of aromatic nitrogens is 2. The first kappa shape index (κ1) is 15.3. The van der Waals surface area contributed by atoms with Crippen LogP contribution in [0, 0.1) is 18.8 Å². The van der Waals surface area contributed by atoms with Crippen molar-refractivity contribution < 1.29 is 14.7 Å². The van der Waals surface area contributed by atoms with Crippen molar-refractivity contribution in [3.05, 3.63) is 23.0 Å². The quantitative estimate of drug-likeness (QED) is 0.835. The molecular formula is C15H21N3O3. The van der Waals surface area contributed by atoms with E-state index >= 15 is 0 Å². The van der Waals surface area contributed by atoms with Crippen LogP contribution in [0.5, 0.6) is 0 Å². The van der Waals surface area contributed by atoms with E-state index in [1.54, 1.807) is 17.9 Å². The van der Waals surface area contributed by atoms with Crippen LogP contribution in [-0.2, 0) is 16.6 Å². The molecule has 2 rings (SSSR count). The van der Waals surface area contributed by atoms with Gasteiger partial charge in [0.05, 0.1) is 29.4 Å². The van der Waals surface area contributed by atoms with Crippen LogP contribution < -0.4 is 5.32 Å². The predicted octanol–water partition coefficient (Wildman–Crippen LogP) is 2.11. The molecule has 1 aromatic rings. The maximum Gasteiger partial charge on any atom is 0.307 e. The topological polar surface area (TPSA) is 84.2 Å². The van der Waals surface area contributed by atoms with Gasteiger partial charge in [-0.1, -0.05) is 11.1 Å². The molecule has 114 valence electrons. The van der Waals surface area contributed by atoms with Gasteiger partial charge in [-0.2, -0.15) is 5.10 Å². The lowest BCUT2D eigenvalue weighted by Crippen LogP contribution is -2.36. The van der Waals surface area contributed by atoms with Gasteiger partial charge in [0.1, 0.15) is 0 Å². The minimum absolute atomic E-state index is 0.245. The molecular weight excluding hydrogens is 270 g/mol. The van der Waals surface area contributed by atoms with Gasteiger partial charge in [0, 0.05) is 7.05 Å². The van der Waals surface area contributed by atoms with E-state index in [1.165, 1.54) is 0 Å². The van der Waals surface area contributed by atoms with Gasteiger partial charge in [0.25, 0.3) is 0 Å².